The minimum Gasteiger partial charge on any atom is -0.347 e. The van der Waals surface area contributed by atoms with Crippen LogP contribution >= 0.6 is 0 Å². The van der Waals surface area contributed by atoms with Crippen molar-refractivity contribution in [2.24, 2.45) is 5.10 Å². The Bertz CT molecular complexity index is 537. The fraction of sp³-hybridized carbons (Fsp3) is 0.357. The van der Waals surface area contributed by atoms with Crippen molar-refractivity contribution < 1.29 is 9.59 Å². The normalized spacial score (nSPS) is 15.2. The van der Waals surface area contributed by atoms with Crippen LogP contribution in [0.2, 0.25) is 0 Å². The largest absolute Gasteiger partial charge is 0.347 e. The molecule has 0 atom stereocenters. The van der Waals surface area contributed by atoms with E-state index in [2.05, 4.69) is 10.4 Å². The number of rotatable bonds is 3. The molecule has 1 heterocycles. The van der Waals surface area contributed by atoms with Crippen molar-refractivity contribution in [3.63, 3.8) is 0 Å². The van der Waals surface area contributed by atoms with Crippen LogP contribution in [0.15, 0.2) is 29.4 Å². The lowest BCUT2D eigenvalue weighted by Crippen LogP contribution is -2.37. The Kier molecular flexibility index (Phi) is 3.94. The van der Waals surface area contributed by atoms with E-state index in [1.54, 1.807) is 7.05 Å². The standard InChI is InChI=1S/C14H17N3O2/c1-10-4-3-5-11(8-10)9-15-14(19)12-6-7-13(18)17(2)16-12/h3-5,8H,6-7,9H2,1-2H3,(H,15,19). The van der Waals surface area contributed by atoms with Crippen molar-refractivity contribution in [2.75, 3.05) is 7.05 Å². The molecule has 2 rings (SSSR count). The SMILES string of the molecule is Cc1cccc(CNC(=O)C2=NN(C)C(=O)CC2)c1. The summed E-state index contributed by atoms with van der Waals surface area (Å²) in [6, 6.07) is 7.96. The van der Waals surface area contributed by atoms with Crippen LogP contribution in [0.3, 0.4) is 0 Å². The Balaban J connectivity index is 1.95. The molecule has 100 valence electrons. The van der Waals surface area contributed by atoms with Gasteiger partial charge in [-0.25, -0.2) is 5.01 Å². The van der Waals surface area contributed by atoms with E-state index >= 15 is 0 Å². The summed E-state index contributed by atoms with van der Waals surface area (Å²) in [5.41, 5.74) is 2.62. The number of amides is 2. The van der Waals surface area contributed by atoms with E-state index in [9.17, 15) is 9.59 Å². The fourth-order valence-corrected chi connectivity index (χ4v) is 1.94. The van der Waals surface area contributed by atoms with Crippen LogP contribution < -0.4 is 5.32 Å². The van der Waals surface area contributed by atoms with E-state index in [4.69, 9.17) is 0 Å². The van der Waals surface area contributed by atoms with Crippen molar-refractivity contribution in [2.45, 2.75) is 26.3 Å². The number of benzene rings is 1. The van der Waals surface area contributed by atoms with E-state index in [0.717, 1.165) is 11.1 Å². The molecule has 2 amide bonds. The molecule has 0 saturated carbocycles. The molecule has 1 N–H and O–H groups in total. The van der Waals surface area contributed by atoms with Gasteiger partial charge in [0, 0.05) is 26.4 Å². The highest BCUT2D eigenvalue weighted by Gasteiger charge is 2.21. The number of hydrogen-bond acceptors (Lipinski definition) is 3. The molecule has 1 aromatic rings. The van der Waals surface area contributed by atoms with Gasteiger partial charge in [0.05, 0.1) is 0 Å². The topological polar surface area (TPSA) is 61.8 Å². The zero-order valence-corrected chi connectivity index (χ0v) is 11.1. The van der Waals surface area contributed by atoms with Crippen molar-refractivity contribution in [1.82, 2.24) is 10.3 Å². The first-order chi connectivity index (χ1) is 9.06. The van der Waals surface area contributed by atoms with E-state index in [1.165, 1.54) is 5.01 Å². The molecule has 0 unspecified atom stereocenters. The molecule has 0 aliphatic carbocycles. The molecule has 19 heavy (non-hydrogen) atoms. The lowest BCUT2D eigenvalue weighted by molar-refractivity contribution is -0.130. The molecule has 0 saturated heterocycles. The van der Waals surface area contributed by atoms with Gasteiger partial charge in [0.25, 0.3) is 5.91 Å². The molecule has 0 aromatic heterocycles. The molecule has 0 radical (unpaired) electrons. The molecule has 5 heteroatoms. The Morgan fingerprint density at radius 2 is 2.21 bits per heavy atom. The third-order valence-corrected chi connectivity index (χ3v) is 3.00. The summed E-state index contributed by atoms with van der Waals surface area (Å²) in [5.74, 6) is -0.268. The number of carbonyl (C=O) groups excluding carboxylic acids is 2. The first-order valence-electron chi connectivity index (χ1n) is 6.24. The Labute approximate surface area is 112 Å². The van der Waals surface area contributed by atoms with Crippen LogP contribution in [0.4, 0.5) is 0 Å². The molecule has 1 aliphatic heterocycles. The minimum atomic E-state index is -0.208. The minimum absolute atomic E-state index is 0.0600. The second-order valence-corrected chi connectivity index (χ2v) is 4.64. The van der Waals surface area contributed by atoms with E-state index in [-0.39, 0.29) is 11.8 Å². The smallest absolute Gasteiger partial charge is 0.267 e. The second-order valence-electron chi connectivity index (χ2n) is 4.64. The predicted octanol–water partition coefficient (Wildman–Crippen LogP) is 1.22. The van der Waals surface area contributed by atoms with Gasteiger partial charge < -0.3 is 5.32 Å². The highest BCUT2D eigenvalue weighted by Crippen LogP contribution is 2.08. The molecular weight excluding hydrogens is 242 g/mol. The third kappa shape index (κ3) is 3.40. The first-order valence-corrected chi connectivity index (χ1v) is 6.24. The number of hydrazone groups is 1. The summed E-state index contributed by atoms with van der Waals surface area (Å²) in [5, 5.41) is 8.03. The maximum atomic E-state index is 11.9. The van der Waals surface area contributed by atoms with Gasteiger partial charge in [-0.05, 0) is 12.5 Å². The molecule has 0 bridgehead atoms. The van der Waals surface area contributed by atoms with Crippen molar-refractivity contribution in [3.05, 3.63) is 35.4 Å². The van der Waals surface area contributed by atoms with Gasteiger partial charge in [-0.15, -0.1) is 0 Å². The lowest BCUT2D eigenvalue weighted by atomic mass is 10.1. The van der Waals surface area contributed by atoms with Crippen molar-refractivity contribution in [3.8, 4) is 0 Å². The van der Waals surface area contributed by atoms with Crippen molar-refractivity contribution in [1.29, 1.82) is 0 Å². The second kappa shape index (κ2) is 5.65. The fourth-order valence-electron chi connectivity index (χ4n) is 1.94. The highest BCUT2D eigenvalue weighted by molar-refractivity contribution is 6.39. The number of hydrogen-bond donors (Lipinski definition) is 1. The Morgan fingerprint density at radius 1 is 1.42 bits per heavy atom. The molecule has 0 fully saturated rings. The van der Waals surface area contributed by atoms with Gasteiger partial charge in [0.1, 0.15) is 5.71 Å². The Morgan fingerprint density at radius 3 is 2.89 bits per heavy atom. The first kappa shape index (κ1) is 13.3. The molecule has 5 nitrogen and oxygen atoms in total. The number of carbonyl (C=O) groups is 2. The van der Waals surface area contributed by atoms with Gasteiger partial charge in [-0.3, -0.25) is 9.59 Å². The van der Waals surface area contributed by atoms with Crippen LogP contribution in [-0.2, 0) is 16.1 Å². The van der Waals surface area contributed by atoms with E-state index in [1.807, 2.05) is 31.2 Å². The molecule has 1 aliphatic rings. The lowest BCUT2D eigenvalue weighted by Gasteiger charge is -2.18. The van der Waals surface area contributed by atoms with Crippen LogP contribution in [-0.4, -0.2) is 29.6 Å². The van der Waals surface area contributed by atoms with Crippen LogP contribution in [0.1, 0.15) is 24.0 Å². The Hall–Kier alpha value is -2.17. The number of nitrogens with zero attached hydrogens (tertiary/aromatic N) is 2. The van der Waals surface area contributed by atoms with Gasteiger partial charge in [-0.1, -0.05) is 29.8 Å². The average molecular weight is 259 g/mol. The summed E-state index contributed by atoms with van der Waals surface area (Å²) in [4.78, 5) is 23.2. The quantitative estimate of drug-likeness (QED) is 0.887. The monoisotopic (exact) mass is 259 g/mol. The van der Waals surface area contributed by atoms with E-state index < -0.39 is 0 Å². The summed E-state index contributed by atoms with van der Waals surface area (Å²) >= 11 is 0. The van der Waals surface area contributed by atoms with Gasteiger partial charge in [0.15, 0.2) is 0 Å². The van der Waals surface area contributed by atoms with Gasteiger partial charge in [0.2, 0.25) is 5.91 Å². The predicted molar refractivity (Wildman–Crippen MR) is 72.5 cm³/mol. The van der Waals surface area contributed by atoms with E-state index in [0.29, 0.717) is 25.1 Å². The van der Waals surface area contributed by atoms with Crippen LogP contribution in [0, 0.1) is 6.92 Å². The summed E-state index contributed by atoms with van der Waals surface area (Å²) in [7, 11) is 1.56. The summed E-state index contributed by atoms with van der Waals surface area (Å²) in [6.07, 6.45) is 0.746. The zero-order chi connectivity index (χ0) is 13.8. The zero-order valence-electron chi connectivity index (χ0n) is 11.1. The molecule has 0 spiro atoms. The van der Waals surface area contributed by atoms with Crippen LogP contribution in [0.25, 0.3) is 0 Å². The van der Waals surface area contributed by atoms with Crippen molar-refractivity contribution >= 4 is 17.5 Å². The molecule has 1 aromatic carbocycles. The number of aryl methyl sites for hydroxylation is 1. The highest BCUT2D eigenvalue weighted by atomic mass is 16.2. The van der Waals surface area contributed by atoms with Gasteiger partial charge in [-0.2, -0.15) is 5.10 Å². The van der Waals surface area contributed by atoms with Gasteiger partial charge >= 0.3 is 0 Å². The summed E-state index contributed by atoms with van der Waals surface area (Å²) in [6.45, 7) is 2.48. The molecular formula is C14H17N3O2. The third-order valence-electron chi connectivity index (χ3n) is 3.00. The van der Waals surface area contributed by atoms with Crippen LogP contribution in [0.5, 0.6) is 0 Å². The maximum Gasteiger partial charge on any atom is 0.267 e. The maximum absolute atomic E-state index is 11.9. The number of nitrogens with one attached hydrogen (secondary N) is 1. The average Bonchev–Trinajstić information content (AvgIpc) is 2.39. The summed E-state index contributed by atoms with van der Waals surface area (Å²) < 4.78 is 0.